The van der Waals surface area contributed by atoms with Gasteiger partial charge >= 0.3 is 5.97 Å². The topological polar surface area (TPSA) is 71.4 Å². The maximum Gasteiger partial charge on any atom is 0.337 e. The molecule has 5 nitrogen and oxygen atoms in total. The van der Waals surface area contributed by atoms with Crippen LogP contribution in [0.3, 0.4) is 0 Å². The van der Waals surface area contributed by atoms with E-state index in [1.807, 2.05) is 91.0 Å². The molecule has 1 atom stereocenters. The fourth-order valence-corrected chi connectivity index (χ4v) is 9.12. The first-order valence-electron chi connectivity index (χ1n) is 11.2. The number of ether oxygens (including phenoxy) is 1. The van der Waals surface area contributed by atoms with E-state index >= 15 is 0 Å². The van der Waals surface area contributed by atoms with Crippen LogP contribution in [0.1, 0.15) is 13.0 Å². The van der Waals surface area contributed by atoms with Crippen LogP contribution in [0.4, 0.5) is 0 Å². The molecule has 0 amide bonds. The third-order valence-corrected chi connectivity index (χ3v) is 10.3. The van der Waals surface area contributed by atoms with Gasteiger partial charge in [-0.05, 0) is 61.2 Å². The minimum atomic E-state index is -3.01. The van der Waals surface area contributed by atoms with Crippen molar-refractivity contribution in [2.24, 2.45) is 0 Å². The highest BCUT2D eigenvalue weighted by molar-refractivity contribution is 7.99. The summed E-state index contributed by atoms with van der Waals surface area (Å²) >= 11 is 0. The Morgan fingerprint density at radius 2 is 1.14 bits per heavy atom. The SMILES string of the molecule is COC(=O)C(/C(=C(\[O-])C(C)=O)[P+](c1ccccc1)(c1ccccc1)c1ccccc1)n1cccc1. The van der Waals surface area contributed by atoms with E-state index in [4.69, 9.17) is 4.74 Å². The van der Waals surface area contributed by atoms with Crippen LogP contribution < -0.4 is 21.0 Å². The van der Waals surface area contributed by atoms with Crippen molar-refractivity contribution in [3.63, 3.8) is 0 Å². The molecule has 3 aromatic carbocycles. The number of rotatable bonds is 8. The molecule has 0 aliphatic rings. The number of esters is 1. The second-order valence-electron chi connectivity index (χ2n) is 8.00. The van der Waals surface area contributed by atoms with Crippen molar-refractivity contribution in [3.05, 3.63) is 127 Å². The Bertz CT molecular complexity index is 1220. The zero-order valence-electron chi connectivity index (χ0n) is 19.6. The second-order valence-corrected chi connectivity index (χ2v) is 11.4. The van der Waals surface area contributed by atoms with Crippen molar-refractivity contribution in [2.75, 3.05) is 7.11 Å². The van der Waals surface area contributed by atoms with Gasteiger partial charge in [0.05, 0.1) is 7.11 Å². The van der Waals surface area contributed by atoms with Gasteiger partial charge in [-0.2, -0.15) is 0 Å². The van der Waals surface area contributed by atoms with E-state index in [1.165, 1.54) is 14.0 Å². The largest absolute Gasteiger partial charge is 0.868 e. The van der Waals surface area contributed by atoms with Crippen molar-refractivity contribution in [1.29, 1.82) is 0 Å². The maximum atomic E-state index is 14.0. The molecule has 0 saturated heterocycles. The lowest BCUT2D eigenvalue weighted by molar-refractivity contribution is -0.299. The van der Waals surface area contributed by atoms with Gasteiger partial charge < -0.3 is 14.4 Å². The molecule has 1 heterocycles. The van der Waals surface area contributed by atoms with E-state index in [1.54, 1.807) is 29.1 Å². The molecule has 0 aliphatic heterocycles. The van der Waals surface area contributed by atoms with Gasteiger partial charge in [0.2, 0.25) is 0 Å². The van der Waals surface area contributed by atoms with Crippen LogP contribution in [-0.4, -0.2) is 23.4 Å². The monoisotopic (exact) mass is 483 g/mol. The zero-order valence-corrected chi connectivity index (χ0v) is 20.5. The molecule has 0 aliphatic carbocycles. The summed E-state index contributed by atoms with van der Waals surface area (Å²) < 4.78 is 6.87. The van der Waals surface area contributed by atoms with Crippen molar-refractivity contribution < 1.29 is 19.4 Å². The third kappa shape index (κ3) is 4.43. The highest BCUT2D eigenvalue weighted by Crippen LogP contribution is 2.66. The number of carbonyl (C=O) groups is 2. The van der Waals surface area contributed by atoms with E-state index < -0.39 is 30.8 Å². The van der Waals surface area contributed by atoms with Gasteiger partial charge in [-0.1, -0.05) is 54.6 Å². The smallest absolute Gasteiger partial charge is 0.337 e. The standard InChI is InChI=1S/C29H26NO4P/c1-22(31)27(32)28(26(29(33)34-2)30-20-12-13-21-30)35(23-14-6-3-7-15-23,24-16-8-4-9-17-24)25-18-10-5-11-19-25/h3-21,26H,1-2H3/b28-27+. The first kappa shape index (κ1) is 24.2. The van der Waals surface area contributed by atoms with Gasteiger partial charge in [0.15, 0.2) is 6.04 Å². The molecule has 4 rings (SSSR count). The summed E-state index contributed by atoms with van der Waals surface area (Å²) in [4.78, 5) is 26.2. The number of hydrogen-bond acceptors (Lipinski definition) is 4. The molecule has 35 heavy (non-hydrogen) atoms. The van der Waals surface area contributed by atoms with Crippen molar-refractivity contribution in [3.8, 4) is 0 Å². The van der Waals surface area contributed by atoms with Gasteiger partial charge in [0.1, 0.15) is 34.3 Å². The third-order valence-electron chi connectivity index (χ3n) is 5.95. The summed E-state index contributed by atoms with van der Waals surface area (Å²) in [6, 6.07) is 31.4. The average molecular weight is 484 g/mol. The summed E-state index contributed by atoms with van der Waals surface area (Å²) in [7, 11) is -1.72. The molecular weight excluding hydrogens is 457 g/mol. The number of allylic oxidation sites excluding steroid dienone is 1. The average Bonchev–Trinajstić information content (AvgIpc) is 3.44. The number of ketones is 1. The minimum absolute atomic E-state index is 0.219. The van der Waals surface area contributed by atoms with E-state index in [9.17, 15) is 14.7 Å². The minimum Gasteiger partial charge on any atom is -0.868 e. The van der Waals surface area contributed by atoms with Crippen LogP contribution in [0.15, 0.2) is 127 Å². The van der Waals surface area contributed by atoms with Gasteiger partial charge in [-0.3, -0.25) is 4.79 Å². The number of nitrogens with zero attached hydrogens (tertiary/aromatic N) is 1. The molecule has 1 unspecified atom stereocenters. The number of hydrogen-bond donors (Lipinski definition) is 0. The van der Waals surface area contributed by atoms with Crippen LogP contribution in [0.25, 0.3) is 0 Å². The fourth-order valence-electron chi connectivity index (χ4n) is 4.47. The molecule has 0 spiro atoms. The summed E-state index contributed by atoms with van der Waals surface area (Å²) in [5, 5.41) is 16.8. The van der Waals surface area contributed by atoms with Crippen LogP contribution in [0.5, 0.6) is 0 Å². The highest BCUT2D eigenvalue weighted by atomic mass is 31.2. The lowest BCUT2D eigenvalue weighted by Crippen LogP contribution is -2.39. The van der Waals surface area contributed by atoms with Crippen LogP contribution >= 0.6 is 7.26 Å². The van der Waals surface area contributed by atoms with Gasteiger partial charge in [-0.15, -0.1) is 0 Å². The Morgan fingerprint density at radius 3 is 1.49 bits per heavy atom. The Labute approximate surface area is 205 Å². The molecule has 0 radical (unpaired) electrons. The predicted octanol–water partition coefficient (Wildman–Crippen LogP) is 3.36. The Morgan fingerprint density at radius 1 is 0.743 bits per heavy atom. The highest BCUT2D eigenvalue weighted by Gasteiger charge is 2.55. The van der Waals surface area contributed by atoms with Gasteiger partial charge in [-0.25, -0.2) is 4.79 Å². The lowest BCUT2D eigenvalue weighted by Gasteiger charge is -2.35. The number of carbonyl (C=O) groups excluding carboxylic acids is 2. The predicted molar refractivity (Wildman–Crippen MR) is 138 cm³/mol. The molecule has 0 fully saturated rings. The molecule has 0 N–H and O–H groups in total. The van der Waals surface area contributed by atoms with E-state index in [-0.39, 0.29) is 5.31 Å². The number of methoxy groups -OCH3 is 1. The van der Waals surface area contributed by atoms with E-state index in [2.05, 4.69) is 0 Å². The zero-order chi connectivity index (χ0) is 24.8. The molecule has 4 aromatic rings. The van der Waals surface area contributed by atoms with E-state index in [0.29, 0.717) is 0 Å². The Balaban J connectivity index is 2.25. The molecule has 0 saturated carbocycles. The maximum absolute atomic E-state index is 14.0. The van der Waals surface area contributed by atoms with Crippen LogP contribution in [0, 0.1) is 0 Å². The van der Waals surface area contributed by atoms with Gasteiger partial charge in [0.25, 0.3) is 0 Å². The van der Waals surface area contributed by atoms with Crippen molar-refractivity contribution in [1.82, 2.24) is 4.57 Å². The number of benzene rings is 3. The molecule has 1 aromatic heterocycles. The van der Waals surface area contributed by atoms with Crippen LogP contribution in [-0.2, 0) is 14.3 Å². The molecule has 6 heteroatoms. The summed E-state index contributed by atoms with van der Waals surface area (Å²) in [5.41, 5.74) is 0. The number of aromatic nitrogens is 1. The summed E-state index contributed by atoms with van der Waals surface area (Å²) in [5.74, 6) is -1.93. The van der Waals surface area contributed by atoms with Crippen molar-refractivity contribution in [2.45, 2.75) is 13.0 Å². The first-order chi connectivity index (χ1) is 17.0. The van der Waals surface area contributed by atoms with Crippen molar-refractivity contribution >= 4 is 34.9 Å². The molecule has 176 valence electrons. The van der Waals surface area contributed by atoms with Crippen LogP contribution in [0.2, 0.25) is 0 Å². The molecular formula is C29H26NO4P. The normalized spacial score (nSPS) is 13.0. The summed E-state index contributed by atoms with van der Waals surface area (Å²) in [6.07, 6.45) is 3.43. The van der Waals surface area contributed by atoms with E-state index in [0.717, 1.165) is 15.9 Å². The molecule has 0 bridgehead atoms. The quantitative estimate of drug-likeness (QED) is 0.167. The lowest BCUT2D eigenvalue weighted by atomic mass is 10.2. The Hall–Kier alpha value is -3.95. The summed E-state index contributed by atoms with van der Waals surface area (Å²) in [6.45, 7) is 1.25. The fraction of sp³-hybridized carbons (Fsp3) is 0.103. The van der Waals surface area contributed by atoms with Gasteiger partial charge in [0, 0.05) is 12.4 Å². The first-order valence-corrected chi connectivity index (χ1v) is 13.0. The second kappa shape index (κ2) is 10.5. The number of Topliss-reactive ketones (excluding diaryl/α,β-unsaturated/α-hetero) is 1. The Kier molecular flexibility index (Phi) is 7.28.